The third-order valence-electron chi connectivity index (χ3n) is 2.99. The Morgan fingerprint density at radius 1 is 1.50 bits per heavy atom. The lowest BCUT2D eigenvalue weighted by Crippen LogP contribution is -2.31. The number of ether oxygens (including phenoxy) is 1. The molecule has 100 valence electrons. The number of thioether (sulfide) groups is 1. The van der Waals surface area contributed by atoms with Crippen LogP contribution in [-0.2, 0) is 4.74 Å². The van der Waals surface area contributed by atoms with Gasteiger partial charge < -0.3 is 15.5 Å². The monoisotopic (exact) mass is 269 g/mol. The van der Waals surface area contributed by atoms with Crippen molar-refractivity contribution in [1.82, 2.24) is 9.97 Å². The average Bonchev–Trinajstić information content (AvgIpc) is 2.31. The number of nitrogens with zero attached hydrogens (tertiary/aromatic N) is 1. The van der Waals surface area contributed by atoms with Crippen LogP contribution < -0.4 is 11.3 Å². The zero-order valence-corrected chi connectivity index (χ0v) is 11.9. The number of hydrogen-bond donors (Lipinski definition) is 2. The number of nitrogen functional groups attached to an aromatic ring is 1. The van der Waals surface area contributed by atoms with Crippen molar-refractivity contribution in [2.45, 2.75) is 55.7 Å². The number of rotatable bonds is 2. The Morgan fingerprint density at radius 3 is 2.67 bits per heavy atom. The van der Waals surface area contributed by atoms with Crippen molar-refractivity contribution >= 4 is 17.6 Å². The zero-order valence-electron chi connectivity index (χ0n) is 11.1. The van der Waals surface area contributed by atoms with Crippen LogP contribution in [0.2, 0.25) is 0 Å². The summed E-state index contributed by atoms with van der Waals surface area (Å²) in [6.07, 6.45) is 0.906. The summed E-state index contributed by atoms with van der Waals surface area (Å²) in [4.78, 5) is 18.2. The standard InChI is InChI=1S/C12H19N3O2S/c1-11(2)6-7(12(3,4)17-11)18-10-14-8(13)5-9(16)15-10/h5,7H,6H2,1-4H3,(H3,13,14,15,16). The van der Waals surface area contributed by atoms with E-state index in [0.717, 1.165) is 6.42 Å². The van der Waals surface area contributed by atoms with E-state index in [-0.39, 0.29) is 27.8 Å². The van der Waals surface area contributed by atoms with Crippen molar-refractivity contribution < 1.29 is 4.74 Å². The molecule has 2 heterocycles. The van der Waals surface area contributed by atoms with Gasteiger partial charge in [0.25, 0.3) is 5.56 Å². The summed E-state index contributed by atoms with van der Waals surface area (Å²) in [7, 11) is 0. The third kappa shape index (κ3) is 2.87. The Kier molecular flexibility index (Phi) is 3.19. The molecule has 1 saturated heterocycles. The number of nitrogens with one attached hydrogen (secondary N) is 1. The fourth-order valence-corrected chi connectivity index (χ4v) is 3.74. The second kappa shape index (κ2) is 4.28. The number of H-pyrrole nitrogens is 1. The van der Waals surface area contributed by atoms with Gasteiger partial charge in [0.1, 0.15) is 5.82 Å². The largest absolute Gasteiger partial charge is 0.383 e. The van der Waals surface area contributed by atoms with Crippen LogP contribution in [0, 0.1) is 0 Å². The van der Waals surface area contributed by atoms with E-state index in [2.05, 4.69) is 37.7 Å². The molecule has 1 aliphatic heterocycles. The molecule has 0 spiro atoms. The number of aromatic amines is 1. The van der Waals surface area contributed by atoms with E-state index >= 15 is 0 Å². The lowest BCUT2D eigenvalue weighted by Gasteiger charge is -2.26. The van der Waals surface area contributed by atoms with Gasteiger partial charge in [0.15, 0.2) is 5.16 Å². The Labute approximate surface area is 111 Å². The van der Waals surface area contributed by atoms with Crippen molar-refractivity contribution in [2.75, 3.05) is 5.73 Å². The molecule has 0 radical (unpaired) electrons. The molecule has 1 fully saturated rings. The van der Waals surface area contributed by atoms with Crippen molar-refractivity contribution in [3.05, 3.63) is 16.4 Å². The van der Waals surface area contributed by atoms with Gasteiger partial charge in [-0.05, 0) is 34.1 Å². The maximum Gasteiger partial charge on any atom is 0.253 e. The van der Waals surface area contributed by atoms with Gasteiger partial charge in [-0.3, -0.25) is 4.79 Å². The highest BCUT2D eigenvalue weighted by Crippen LogP contribution is 2.45. The predicted octanol–water partition coefficient (Wildman–Crippen LogP) is 1.79. The average molecular weight is 269 g/mol. The fourth-order valence-electron chi connectivity index (χ4n) is 2.34. The molecule has 2 rings (SSSR count). The highest BCUT2D eigenvalue weighted by Gasteiger charge is 2.46. The number of nitrogens with two attached hydrogens (primary N) is 1. The maximum absolute atomic E-state index is 11.4. The van der Waals surface area contributed by atoms with Crippen molar-refractivity contribution in [2.24, 2.45) is 0 Å². The number of hydrogen-bond acceptors (Lipinski definition) is 5. The lowest BCUT2D eigenvalue weighted by molar-refractivity contribution is -0.0631. The first-order valence-corrected chi connectivity index (χ1v) is 6.80. The van der Waals surface area contributed by atoms with Crippen LogP contribution in [0.25, 0.3) is 0 Å². The van der Waals surface area contributed by atoms with Gasteiger partial charge in [-0.15, -0.1) is 0 Å². The third-order valence-corrected chi connectivity index (χ3v) is 4.42. The van der Waals surface area contributed by atoms with E-state index in [0.29, 0.717) is 5.16 Å². The second-order valence-corrected chi connectivity index (χ2v) is 6.94. The fraction of sp³-hybridized carbons (Fsp3) is 0.667. The van der Waals surface area contributed by atoms with E-state index < -0.39 is 0 Å². The van der Waals surface area contributed by atoms with Gasteiger partial charge in [0, 0.05) is 11.3 Å². The molecule has 0 aromatic carbocycles. The first-order valence-electron chi connectivity index (χ1n) is 5.92. The predicted molar refractivity (Wildman–Crippen MR) is 72.8 cm³/mol. The summed E-state index contributed by atoms with van der Waals surface area (Å²) in [6, 6.07) is 1.28. The van der Waals surface area contributed by atoms with Crippen LogP contribution in [0.1, 0.15) is 34.1 Å². The van der Waals surface area contributed by atoms with Crippen molar-refractivity contribution in [3.63, 3.8) is 0 Å². The summed E-state index contributed by atoms with van der Waals surface area (Å²) in [5.74, 6) is 0.247. The summed E-state index contributed by atoms with van der Waals surface area (Å²) < 4.78 is 6.01. The molecule has 0 amide bonds. The van der Waals surface area contributed by atoms with Gasteiger partial charge in [-0.1, -0.05) is 11.8 Å². The first-order chi connectivity index (χ1) is 8.18. The molecular formula is C12H19N3O2S. The van der Waals surface area contributed by atoms with E-state index in [9.17, 15) is 4.79 Å². The van der Waals surface area contributed by atoms with Crippen LogP contribution in [0.15, 0.2) is 16.0 Å². The molecule has 1 atom stereocenters. The van der Waals surface area contributed by atoms with Gasteiger partial charge in [0.2, 0.25) is 0 Å². The van der Waals surface area contributed by atoms with E-state index in [1.807, 2.05) is 0 Å². The topological polar surface area (TPSA) is 81.0 Å². The minimum atomic E-state index is -0.253. The first kappa shape index (κ1) is 13.4. The molecule has 5 nitrogen and oxygen atoms in total. The SMILES string of the molecule is CC1(C)CC(Sc2nc(N)cc(=O)[nH]2)C(C)(C)O1. The van der Waals surface area contributed by atoms with Crippen molar-refractivity contribution in [3.8, 4) is 0 Å². The Bertz CT molecular complexity index is 510. The smallest absolute Gasteiger partial charge is 0.253 e. The quantitative estimate of drug-likeness (QED) is 0.800. The molecule has 1 aromatic heterocycles. The molecule has 1 aliphatic rings. The molecule has 1 unspecified atom stereocenters. The Hall–Kier alpha value is -1.01. The van der Waals surface area contributed by atoms with Gasteiger partial charge in [-0.2, -0.15) is 0 Å². The molecule has 3 N–H and O–H groups in total. The van der Waals surface area contributed by atoms with Crippen LogP contribution in [0.4, 0.5) is 5.82 Å². The van der Waals surface area contributed by atoms with Gasteiger partial charge in [0.05, 0.1) is 11.2 Å². The van der Waals surface area contributed by atoms with E-state index in [1.54, 1.807) is 0 Å². The zero-order chi connectivity index (χ0) is 13.6. The minimum absolute atomic E-state index is 0.151. The highest BCUT2D eigenvalue weighted by molar-refractivity contribution is 7.99. The Balaban J connectivity index is 2.21. The summed E-state index contributed by atoms with van der Waals surface area (Å²) in [5, 5.41) is 0.789. The molecule has 0 saturated carbocycles. The van der Waals surface area contributed by atoms with Gasteiger partial charge in [-0.25, -0.2) is 4.98 Å². The minimum Gasteiger partial charge on any atom is -0.383 e. The molecule has 0 bridgehead atoms. The molecule has 0 aliphatic carbocycles. The van der Waals surface area contributed by atoms with Gasteiger partial charge >= 0.3 is 0 Å². The maximum atomic E-state index is 11.4. The lowest BCUT2D eigenvalue weighted by atomic mass is 10.0. The second-order valence-electron chi connectivity index (χ2n) is 5.75. The normalized spacial score (nSPS) is 25.2. The molecule has 18 heavy (non-hydrogen) atoms. The van der Waals surface area contributed by atoms with Crippen LogP contribution in [-0.4, -0.2) is 26.4 Å². The number of aromatic nitrogens is 2. The summed E-state index contributed by atoms with van der Waals surface area (Å²) in [5.41, 5.74) is 4.95. The molecule has 1 aromatic rings. The summed E-state index contributed by atoms with van der Waals surface area (Å²) >= 11 is 1.52. The molecule has 6 heteroatoms. The van der Waals surface area contributed by atoms with Crippen LogP contribution >= 0.6 is 11.8 Å². The molecular weight excluding hydrogens is 250 g/mol. The number of anilines is 1. The van der Waals surface area contributed by atoms with E-state index in [1.165, 1.54) is 17.8 Å². The summed E-state index contributed by atoms with van der Waals surface area (Å²) in [6.45, 7) is 8.27. The van der Waals surface area contributed by atoms with Crippen LogP contribution in [0.5, 0.6) is 0 Å². The van der Waals surface area contributed by atoms with Crippen LogP contribution in [0.3, 0.4) is 0 Å². The Morgan fingerprint density at radius 2 is 2.17 bits per heavy atom. The highest BCUT2D eigenvalue weighted by atomic mass is 32.2. The van der Waals surface area contributed by atoms with Crippen molar-refractivity contribution in [1.29, 1.82) is 0 Å². The van der Waals surface area contributed by atoms with E-state index in [4.69, 9.17) is 10.5 Å².